The molecule has 1 heterocycles. The average Bonchev–Trinajstić information content (AvgIpc) is 2.87. The highest BCUT2D eigenvalue weighted by atomic mass is 15.2. The van der Waals surface area contributed by atoms with Crippen molar-refractivity contribution in [3.8, 4) is 17.2 Å². The van der Waals surface area contributed by atoms with Gasteiger partial charge >= 0.3 is 0 Å². The zero-order chi connectivity index (χ0) is 13.7. The highest BCUT2D eigenvalue weighted by molar-refractivity contribution is 5.65. The molecular formula is C15H18N4. The van der Waals surface area contributed by atoms with Crippen molar-refractivity contribution in [3.63, 3.8) is 0 Å². The van der Waals surface area contributed by atoms with Crippen molar-refractivity contribution in [2.45, 2.75) is 19.9 Å². The van der Waals surface area contributed by atoms with Crippen LogP contribution in [-0.4, -0.2) is 28.7 Å². The summed E-state index contributed by atoms with van der Waals surface area (Å²) < 4.78 is 0. The molecule has 0 spiro atoms. The van der Waals surface area contributed by atoms with E-state index in [1.807, 2.05) is 30.5 Å². The molecule has 2 rings (SSSR count). The van der Waals surface area contributed by atoms with Crippen LogP contribution in [0.25, 0.3) is 11.1 Å². The fraction of sp³-hybridized carbons (Fsp3) is 0.333. The Hall–Kier alpha value is -2.12. The second-order valence-electron chi connectivity index (χ2n) is 4.69. The normalized spacial score (nSPS) is 10.6. The Labute approximate surface area is 113 Å². The van der Waals surface area contributed by atoms with Gasteiger partial charge in [0, 0.05) is 12.1 Å². The SMILES string of the molecule is CCCN(C)Cc1[nH]ncc1-c1ccc(C#N)cc1. The van der Waals surface area contributed by atoms with Crippen LogP contribution in [0.3, 0.4) is 0 Å². The summed E-state index contributed by atoms with van der Waals surface area (Å²) in [6.45, 7) is 4.08. The van der Waals surface area contributed by atoms with Crippen LogP contribution in [0.4, 0.5) is 0 Å². The molecule has 0 amide bonds. The van der Waals surface area contributed by atoms with E-state index in [9.17, 15) is 0 Å². The standard InChI is InChI=1S/C15H18N4/c1-3-8-19(2)11-15-14(10-17-18-15)13-6-4-12(9-16)5-7-13/h4-7,10H,3,8,11H2,1-2H3,(H,17,18). The molecule has 0 aliphatic heterocycles. The van der Waals surface area contributed by atoms with Gasteiger partial charge in [-0.2, -0.15) is 10.4 Å². The van der Waals surface area contributed by atoms with E-state index in [1.165, 1.54) is 0 Å². The van der Waals surface area contributed by atoms with Crippen molar-refractivity contribution in [2.75, 3.05) is 13.6 Å². The average molecular weight is 254 g/mol. The van der Waals surface area contributed by atoms with Gasteiger partial charge in [-0.3, -0.25) is 5.10 Å². The summed E-state index contributed by atoms with van der Waals surface area (Å²) in [5.74, 6) is 0. The lowest BCUT2D eigenvalue weighted by Crippen LogP contribution is -2.19. The van der Waals surface area contributed by atoms with Crippen molar-refractivity contribution < 1.29 is 0 Å². The molecule has 0 saturated carbocycles. The molecule has 98 valence electrons. The number of nitrogens with zero attached hydrogens (tertiary/aromatic N) is 3. The summed E-state index contributed by atoms with van der Waals surface area (Å²) in [6, 6.07) is 9.73. The number of H-pyrrole nitrogens is 1. The van der Waals surface area contributed by atoms with E-state index in [0.29, 0.717) is 5.56 Å². The van der Waals surface area contributed by atoms with Crippen LogP contribution in [0.5, 0.6) is 0 Å². The third-order valence-electron chi connectivity index (χ3n) is 3.08. The maximum atomic E-state index is 8.82. The van der Waals surface area contributed by atoms with E-state index in [-0.39, 0.29) is 0 Å². The molecule has 1 aromatic carbocycles. The third kappa shape index (κ3) is 3.21. The number of hydrogen-bond acceptors (Lipinski definition) is 3. The van der Waals surface area contributed by atoms with Gasteiger partial charge in [-0.05, 0) is 37.7 Å². The van der Waals surface area contributed by atoms with Crippen LogP contribution in [0.1, 0.15) is 24.6 Å². The molecule has 0 aliphatic carbocycles. The molecule has 4 heteroatoms. The van der Waals surface area contributed by atoms with Crippen molar-refractivity contribution in [1.82, 2.24) is 15.1 Å². The predicted molar refractivity (Wildman–Crippen MR) is 75.4 cm³/mol. The maximum Gasteiger partial charge on any atom is 0.0991 e. The van der Waals surface area contributed by atoms with Crippen LogP contribution in [0, 0.1) is 11.3 Å². The van der Waals surface area contributed by atoms with Gasteiger partial charge in [0.25, 0.3) is 0 Å². The monoisotopic (exact) mass is 254 g/mol. The Balaban J connectivity index is 2.21. The van der Waals surface area contributed by atoms with Crippen LogP contribution in [0.15, 0.2) is 30.5 Å². The van der Waals surface area contributed by atoms with Crippen LogP contribution in [0.2, 0.25) is 0 Å². The van der Waals surface area contributed by atoms with E-state index in [1.54, 1.807) is 0 Å². The molecule has 0 fully saturated rings. The summed E-state index contributed by atoms with van der Waals surface area (Å²) in [5, 5.41) is 16.0. The molecule has 0 bridgehead atoms. The second-order valence-corrected chi connectivity index (χ2v) is 4.69. The maximum absolute atomic E-state index is 8.82. The molecule has 1 aromatic heterocycles. The zero-order valence-corrected chi connectivity index (χ0v) is 11.3. The Morgan fingerprint density at radius 1 is 1.32 bits per heavy atom. The van der Waals surface area contributed by atoms with Gasteiger partial charge < -0.3 is 4.90 Å². The van der Waals surface area contributed by atoms with Crippen molar-refractivity contribution in [1.29, 1.82) is 5.26 Å². The molecule has 0 radical (unpaired) electrons. The smallest absolute Gasteiger partial charge is 0.0991 e. The Bertz CT molecular complexity index is 563. The molecule has 2 aromatic rings. The third-order valence-corrected chi connectivity index (χ3v) is 3.08. The highest BCUT2D eigenvalue weighted by Crippen LogP contribution is 2.23. The number of aromatic nitrogens is 2. The first kappa shape index (κ1) is 13.3. The first-order valence-electron chi connectivity index (χ1n) is 6.46. The Morgan fingerprint density at radius 3 is 2.68 bits per heavy atom. The van der Waals surface area contributed by atoms with Crippen molar-refractivity contribution >= 4 is 0 Å². The van der Waals surface area contributed by atoms with Gasteiger partial charge in [-0.25, -0.2) is 0 Å². The molecule has 4 nitrogen and oxygen atoms in total. The molecular weight excluding hydrogens is 236 g/mol. The van der Waals surface area contributed by atoms with Gasteiger partial charge in [0.2, 0.25) is 0 Å². The topological polar surface area (TPSA) is 55.7 Å². The van der Waals surface area contributed by atoms with Crippen LogP contribution in [-0.2, 0) is 6.54 Å². The minimum Gasteiger partial charge on any atom is -0.301 e. The van der Waals surface area contributed by atoms with E-state index in [0.717, 1.165) is 36.3 Å². The fourth-order valence-electron chi connectivity index (χ4n) is 2.14. The number of nitrogens with one attached hydrogen (secondary N) is 1. The Morgan fingerprint density at radius 2 is 2.05 bits per heavy atom. The van der Waals surface area contributed by atoms with Gasteiger partial charge in [0.1, 0.15) is 0 Å². The van der Waals surface area contributed by atoms with Crippen molar-refractivity contribution in [2.24, 2.45) is 0 Å². The minimum absolute atomic E-state index is 0.678. The number of aromatic amines is 1. The Kier molecular flexibility index (Phi) is 4.32. The molecule has 0 atom stereocenters. The molecule has 0 aliphatic rings. The van der Waals surface area contributed by atoms with Gasteiger partial charge in [-0.15, -0.1) is 0 Å². The molecule has 19 heavy (non-hydrogen) atoms. The largest absolute Gasteiger partial charge is 0.301 e. The second kappa shape index (κ2) is 6.17. The van der Waals surface area contributed by atoms with E-state index >= 15 is 0 Å². The molecule has 0 unspecified atom stereocenters. The van der Waals surface area contributed by atoms with E-state index < -0.39 is 0 Å². The molecule has 1 N–H and O–H groups in total. The highest BCUT2D eigenvalue weighted by Gasteiger charge is 2.09. The molecule has 0 saturated heterocycles. The summed E-state index contributed by atoms with van der Waals surface area (Å²) in [7, 11) is 2.10. The lowest BCUT2D eigenvalue weighted by atomic mass is 10.0. The van der Waals surface area contributed by atoms with E-state index in [2.05, 4.69) is 35.1 Å². The lowest BCUT2D eigenvalue weighted by Gasteiger charge is -2.15. The van der Waals surface area contributed by atoms with Gasteiger partial charge in [0.05, 0.1) is 23.5 Å². The van der Waals surface area contributed by atoms with Gasteiger partial charge in [-0.1, -0.05) is 19.1 Å². The van der Waals surface area contributed by atoms with Crippen molar-refractivity contribution in [3.05, 3.63) is 41.7 Å². The first-order valence-corrected chi connectivity index (χ1v) is 6.46. The number of nitriles is 1. The first-order chi connectivity index (χ1) is 9.24. The number of hydrogen-bond donors (Lipinski definition) is 1. The van der Waals surface area contributed by atoms with Crippen LogP contribution < -0.4 is 0 Å². The lowest BCUT2D eigenvalue weighted by molar-refractivity contribution is 0.324. The number of rotatable bonds is 5. The van der Waals surface area contributed by atoms with Gasteiger partial charge in [0.15, 0.2) is 0 Å². The summed E-state index contributed by atoms with van der Waals surface area (Å²) >= 11 is 0. The summed E-state index contributed by atoms with van der Waals surface area (Å²) in [5.41, 5.74) is 3.98. The number of benzene rings is 1. The fourth-order valence-corrected chi connectivity index (χ4v) is 2.14. The predicted octanol–water partition coefficient (Wildman–Crippen LogP) is 2.79. The van der Waals surface area contributed by atoms with Crippen LogP contribution >= 0.6 is 0 Å². The zero-order valence-electron chi connectivity index (χ0n) is 11.3. The van der Waals surface area contributed by atoms with E-state index in [4.69, 9.17) is 5.26 Å². The quantitative estimate of drug-likeness (QED) is 0.892. The summed E-state index contributed by atoms with van der Waals surface area (Å²) in [4.78, 5) is 2.26. The summed E-state index contributed by atoms with van der Waals surface area (Å²) in [6.07, 6.45) is 2.98. The minimum atomic E-state index is 0.678.